The second-order valence-corrected chi connectivity index (χ2v) is 2.86. The van der Waals surface area contributed by atoms with Crippen molar-refractivity contribution in [2.75, 3.05) is 12.4 Å². The Hall–Kier alpha value is -0.280. The number of pyridine rings is 1. The van der Waals surface area contributed by atoms with Gasteiger partial charge in [0.2, 0.25) is 0 Å². The number of hydrogen-bond donors (Lipinski definition) is 1. The topological polar surface area (TPSA) is 24.9 Å². The first-order valence-electron chi connectivity index (χ1n) is 2.74. The second kappa shape index (κ2) is 3.21. The summed E-state index contributed by atoms with van der Waals surface area (Å²) in [5, 5.41) is 3.45. The van der Waals surface area contributed by atoms with E-state index in [-0.39, 0.29) is 0 Å². The molecule has 0 aliphatic heterocycles. The normalized spacial score (nSPS) is 9.50. The summed E-state index contributed by atoms with van der Waals surface area (Å²) in [6.07, 6.45) is 0. The lowest BCUT2D eigenvalue weighted by Gasteiger charge is -2.00. The van der Waals surface area contributed by atoms with Crippen molar-refractivity contribution in [3.8, 4) is 0 Å². The van der Waals surface area contributed by atoms with Crippen molar-refractivity contribution < 1.29 is 0 Å². The molecular formula is C6H6BrClN2. The molecule has 0 bridgehead atoms. The Morgan fingerprint density at radius 1 is 1.60 bits per heavy atom. The molecule has 0 saturated carbocycles. The van der Waals surface area contributed by atoms with Crippen molar-refractivity contribution in [3.05, 3.63) is 21.9 Å². The summed E-state index contributed by atoms with van der Waals surface area (Å²) in [4.78, 5) is 3.96. The minimum atomic E-state index is 0.492. The Bertz CT molecular complexity index is 239. The molecule has 0 fully saturated rings. The fourth-order valence-electron chi connectivity index (χ4n) is 0.599. The van der Waals surface area contributed by atoms with E-state index in [1.54, 1.807) is 6.07 Å². The van der Waals surface area contributed by atoms with E-state index in [1.165, 1.54) is 0 Å². The maximum atomic E-state index is 5.61. The van der Waals surface area contributed by atoms with Gasteiger partial charge in [0.1, 0.15) is 9.76 Å². The first kappa shape index (κ1) is 7.82. The quantitative estimate of drug-likeness (QED) is 0.737. The van der Waals surface area contributed by atoms with Gasteiger partial charge < -0.3 is 5.32 Å². The van der Waals surface area contributed by atoms with Crippen LogP contribution in [0.15, 0.2) is 16.7 Å². The molecule has 0 atom stereocenters. The van der Waals surface area contributed by atoms with Gasteiger partial charge in [0.05, 0.1) is 5.69 Å². The molecule has 0 aliphatic rings. The van der Waals surface area contributed by atoms with Crippen molar-refractivity contribution in [1.82, 2.24) is 4.98 Å². The van der Waals surface area contributed by atoms with Crippen molar-refractivity contribution >= 4 is 33.2 Å². The van der Waals surface area contributed by atoms with Gasteiger partial charge in [-0.3, -0.25) is 0 Å². The number of nitrogens with zero attached hydrogens (tertiary/aromatic N) is 1. The van der Waals surface area contributed by atoms with Gasteiger partial charge in [-0.25, -0.2) is 4.98 Å². The predicted molar refractivity (Wildman–Crippen MR) is 46.5 cm³/mol. The summed E-state index contributed by atoms with van der Waals surface area (Å²) in [5.74, 6) is 0. The third-order valence-corrected chi connectivity index (χ3v) is 1.90. The van der Waals surface area contributed by atoms with Crippen LogP contribution in [0.3, 0.4) is 0 Å². The SMILES string of the molecule is CNc1ccc(Cl)nc1Br. The molecule has 0 aliphatic carbocycles. The van der Waals surface area contributed by atoms with Crippen LogP contribution in [-0.2, 0) is 0 Å². The van der Waals surface area contributed by atoms with E-state index in [4.69, 9.17) is 11.6 Å². The molecule has 1 rings (SSSR count). The molecule has 1 aromatic heterocycles. The van der Waals surface area contributed by atoms with Crippen LogP contribution in [-0.4, -0.2) is 12.0 Å². The molecule has 0 aromatic carbocycles. The zero-order chi connectivity index (χ0) is 7.56. The van der Waals surface area contributed by atoms with Crippen molar-refractivity contribution in [2.45, 2.75) is 0 Å². The van der Waals surface area contributed by atoms with Crippen LogP contribution in [0.5, 0.6) is 0 Å². The molecule has 54 valence electrons. The zero-order valence-electron chi connectivity index (χ0n) is 5.36. The largest absolute Gasteiger partial charge is 0.386 e. The Morgan fingerprint density at radius 3 is 2.80 bits per heavy atom. The number of rotatable bonds is 1. The monoisotopic (exact) mass is 220 g/mol. The molecule has 0 spiro atoms. The summed E-state index contributed by atoms with van der Waals surface area (Å²) in [6.45, 7) is 0. The smallest absolute Gasteiger partial charge is 0.130 e. The van der Waals surface area contributed by atoms with Gasteiger partial charge in [-0.1, -0.05) is 11.6 Å². The molecule has 0 saturated heterocycles. The van der Waals surface area contributed by atoms with Crippen LogP contribution >= 0.6 is 27.5 Å². The Kier molecular flexibility index (Phi) is 2.51. The Balaban J connectivity index is 3.07. The summed E-state index contributed by atoms with van der Waals surface area (Å²) in [6, 6.07) is 3.59. The van der Waals surface area contributed by atoms with Gasteiger partial charge in [0.25, 0.3) is 0 Å². The van der Waals surface area contributed by atoms with E-state index in [0.717, 1.165) is 10.3 Å². The molecule has 2 nitrogen and oxygen atoms in total. The summed E-state index contributed by atoms with van der Waals surface area (Å²) in [7, 11) is 1.83. The molecule has 0 unspecified atom stereocenters. The first-order chi connectivity index (χ1) is 4.74. The van der Waals surface area contributed by atoms with Crippen molar-refractivity contribution in [3.63, 3.8) is 0 Å². The average Bonchev–Trinajstić information content (AvgIpc) is 1.88. The minimum absolute atomic E-state index is 0.492. The number of nitrogens with one attached hydrogen (secondary N) is 1. The van der Waals surface area contributed by atoms with E-state index in [2.05, 4.69) is 26.2 Å². The van der Waals surface area contributed by atoms with Gasteiger partial charge in [0.15, 0.2) is 0 Å². The summed E-state index contributed by atoms with van der Waals surface area (Å²) in [5.41, 5.74) is 0.935. The maximum absolute atomic E-state index is 5.61. The van der Waals surface area contributed by atoms with E-state index in [1.807, 2.05) is 13.1 Å². The highest BCUT2D eigenvalue weighted by molar-refractivity contribution is 9.10. The second-order valence-electron chi connectivity index (χ2n) is 1.72. The minimum Gasteiger partial charge on any atom is -0.386 e. The van der Waals surface area contributed by atoms with E-state index in [9.17, 15) is 0 Å². The fourth-order valence-corrected chi connectivity index (χ4v) is 1.37. The molecule has 4 heteroatoms. The van der Waals surface area contributed by atoms with Gasteiger partial charge in [-0.15, -0.1) is 0 Å². The molecule has 1 N–H and O–H groups in total. The Morgan fingerprint density at radius 2 is 2.30 bits per heavy atom. The highest BCUT2D eigenvalue weighted by Gasteiger charge is 1.97. The van der Waals surface area contributed by atoms with Crippen molar-refractivity contribution in [2.24, 2.45) is 0 Å². The predicted octanol–water partition coefficient (Wildman–Crippen LogP) is 2.54. The third-order valence-electron chi connectivity index (χ3n) is 1.08. The summed E-state index contributed by atoms with van der Waals surface area (Å²) >= 11 is 8.85. The fraction of sp³-hybridized carbons (Fsp3) is 0.167. The van der Waals surface area contributed by atoms with Gasteiger partial charge >= 0.3 is 0 Å². The first-order valence-corrected chi connectivity index (χ1v) is 3.91. The standard InChI is InChI=1S/C6H6BrClN2/c1-9-4-2-3-5(8)10-6(4)7/h2-3,9H,1H3. The van der Waals surface area contributed by atoms with Gasteiger partial charge in [0, 0.05) is 7.05 Å². The van der Waals surface area contributed by atoms with E-state index >= 15 is 0 Å². The molecule has 10 heavy (non-hydrogen) atoms. The van der Waals surface area contributed by atoms with Crippen LogP contribution < -0.4 is 5.32 Å². The van der Waals surface area contributed by atoms with Gasteiger partial charge in [-0.05, 0) is 28.1 Å². The lowest BCUT2D eigenvalue weighted by Crippen LogP contribution is -1.90. The number of aromatic nitrogens is 1. The van der Waals surface area contributed by atoms with Crippen LogP contribution in [0.25, 0.3) is 0 Å². The summed E-state index contributed by atoms with van der Waals surface area (Å²) < 4.78 is 0.738. The Labute approximate surface area is 72.7 Å². The molecule has 0 radical (unpaired) electrons. The highest BCUT2D eigenvalue weighted by Crippen LogP contribution is 2.20. The molecular weight excluding hydrogens is 215 g/mol. The van der Waals surface area contributed by atoms with Crippen LogP contribution in [0.2, 0.25) is 5.15 Å². The number of anilines is 1. The molecule has 1 aromatic rings. The lowest BCUT2D eigenvalue weighted by molar-refractivity contribution is 1.26. The molecule has 0 amide bonds. The van der Waals surface area contributed by atoms with Crippen molar-refractivity contribution in [1.29, 1.82) is 0 Å². The maximum Gasteiger partial charge on any atom is 0.130 e. The van der Waals surface area contributed by atoms with Crippen LogP contribution in [0.4, 0.5) is 5.69 Å². The molecule has 1 heterocycles. The van der Waals surface area contributed by atoms with Crippen LogP contribution in [0.1, 0.15) is 0 Å². The van der Waals surface area contributed by atoms with Gasteiger partial charge in [-0.2, -0.15) is 0 Å². The highest BCUT2D eigenvalue weighted by atomic mass is 79.9. The lowest BCUT2D eigenvalue weighted by atomic mass is 10.4. The number of hydrogen-bond acceptors (Lipinski definition) is 2. The van der Waals surface area contributed by atoms with E-state index in [0.29, 0.717) is 5.15 Å². The average molecular weight is 221 g/mol. The third kappa shape index (κ3) is 1.61. The van der Waals surface area contributed by atoms with Crippen LogP contribution in [0, 0.1) is 0 Å². The zero-order valence-corrected chi connectivity index (χ0v) is 7.70. The number of halogens is 2. The van der Waals surface area contributed by atoms with E-state index < -0.39 is 0 Å².